The maximum absolute atomic E-state index is 10.0. The van der Waals surface area contributed by atoms with Crippen LogP contribution < -0.4 is 0 Å². The lowest BCUT2D eigenvalue weighted by molar-refractivity contribution is 0.203. The molecule has 1 aromatic heterocycles. The molecule has 1 aliphatic heterocycles. The second-order valence-corrected chi connectivity index (χ2v) is 6.79. The number of benzene rings is 2. The first-order valence-corrected chi connectivity index (χ1v) is 8.61. The second-order valence-electron chi connectivity index (χ2n) is 6.79. The van der Waals surface area contributed by atoms with Crippen LogP contribution in [0.4, 0.5) is 0 Å². The highest BCUT2D eigenvalue weighted by Crippen LogP contribution is 2.30. The van der Waals surface area contributed by atoms with Gasteiger partial charge in [0.25, 0.3) is 0 Å². The van der Waals surface area contributed by atoms with Crippen LogP contribution in [0, 0.1) is 0 Å². The van der Waals surface area contributed by atoms with Gasteiger partial charge in [-0.2, -0.15) is 5.10 Å². The first-order valence-electron chi connectivity index (χ1n) is 8.61. The number of hydrogen-bond acceptors (Lipinski definition) is 3. The smallest absolute Gasteiger partial charge is 0.116 e. The van der Waals surface area contributed by atoms with Crippen LogP contribution >= 0.6 is 0 Å². The Morgan fingerprint density at radius 2 is 1.92 bits per heavy atom. The SMILES string of the molecule is Cn1ccc(C2CCN(Cc3cc(O)cc4ccccc34)CC2)n1. The fraction of sp³-hybridized carbons (Fsp3) is 0.350. The standard InChI is InChI=1S/C20H23N3O/c1-22-9-8-20(21-22)15-6-10-23(11-7-15)14-17-13-18(24)12-16-4-2-3-5-19(16)17/h2-5,8-9,12-13,15,24H,6-7,10-11,14H2,1H3. The quantitative estimate of drug-likeness (QED) is 0.800. The van der Waals surface area contributed by atoms with E-state index < -0.39 is 0 Å². The number of hydrogen-bond donors (Lipinski definition) is 1. The molecule has 0 aliphatic carbocycles. The van der Waals surface area contributed by atoms with E-state index in [4.69, 9.17) is 0 Å². The van der Waals surface area contributed by atoms with Crippen LogP contribution in [0.5, 0.6) is 5.75 Å². The minimum atomic E-state index is 0.354. The lowest BCUT2D eigenvalue weighted by atomic mass is 9.93. The number of phenols is 1. The third-order valence-electron chi connectivity index (χ3n) is 5.07. The fourth-order valence-electron chi connectivity index (χ4n) is 3.78. The highest BCUT2D eigenvalue weighted by atomic mass is 16.3. The van der Waals surface area contributed by atoms with Crippen LogP contribution in [0.15, 0.2) is 48.7 Å². The van der Waals surface area contributed by atoms with Crippen LogP contribution in [0.1, 0.15) is 30.0 Å². The number of aromatic hydroxyl groups is 1. The van der Waals surface area contributed by atoms with Crippen LogP contribution in [0.2, 0.25) is 0 Å². The molecule has 1 N–H and O–H groups in total. The third kappa shape index (κ3) is 3.02. The number of aromatic nitrogens is 2. The molecular weight excluding hydrogens is 298 g/mol. The van der Waals surface area contributed by atoms with Crippen molar-refractivity contribution in [2.45, 2.75) is 25.3 Å². The summed E-state index contributed by atoms with van der Waals surface area (Å²) in [5, 5.41) is 16.9. The summed E-state index contributed by atoms with van der Waals surface area (Å²) < 4.78 is 1.89. The molecule has 1 saturated heterocycles. The second kappa shape index (κ2) is 6.29. The van der Waals surface area contributed by atoms with Crippen molar-refractivity contribution in [2.24, 2.45) is 7.05 Å². The van der Waals surface area contributed by atoms with Gasteiger partial charge >= 0.3 is 0 Å². The van der Waals surface area contributed by atoms with E-state index in [1.807, 2.05) is 36.1 Å². The third-order valence-corrected chi connectivity index (χ3v) is 5.07. The maximum Gasteiger partial charge on any atom is 0.116 e. The van der Waals surface area contributed by atoms with Gasteiger partial charge in [-0.05, 0) is 60.5 Å². The van der Waals surface area contributed by atoms with Gasteiger partial charge < -0.3 is 5.11 Å². The topological polar surface area (TPSA) is 41.3 Å². The number of likely N-dealkylation sites (tertiary alicyclic amines) is 1. The molecule has 0 radical (unpaired) electrons. The molecule has 1 aliphatic rings. The maximum atomic E-state index is 10.0. The molecule has 0 bridgehead atoms. The van der Waals surface area contributed by atoms with Gasteiger partial charge in [-0.3, -0.25) is 9.58 Å². The number of aryl methyl sites for hydroxylation is 1. The minimum Gasteiger partial charge on any atom is -0.508 e. The normalized spacial score (nSPS) is 16.7. The van der Waals surface area contributed by atoms with Crippen molar-refractivity contribution in [2.75, 3.05) is 13.1 Å². The summed E-state index contributed by atoms with van der Waals surface area (Å²) in [6.45, 7) is 3.04. The summed E-state index contributed by atoms with van der Waals surface area (Å²) in [6, 6.07) is 14.2. The zero-order valence-electron chi connectivity index (χ0n) is 14.0. The fourth-order valence-corrected chi connectivity index (χ4v) is 3.78. The zero-order valence-corrected chi connectivity index (χ0v) is 14.0. The van der Waals surface area contributed by atoms with E-state index in [-0.39, 0.29) is 0 Å². The highest BCUT2D eigenvalue weighted by Gasteiger charge is 2.22. The first-order chi connectivity index (χ1) is 11.7. The molecule has 3 aromatic rings. The number of nitrogens with zero attached hydrogens (tertiary/aromatic N) is 3. The van der Waals surface area contributed by atoms with Gasteiger partial charge in [0.05, 0.1) is 5.69 Å². The lowest BCUT2D eigenvalue weighted by Crippen LogP contribution is -2.32. The van der Waals surface area contributed by atoms with Crippen LogP contribution in [0.25, 0.3) is 10.8 Å². The number of rotatable bonds is 3. The van der Waals surface area contributed by atoms with Crippen molar-refractivity contribution < 1.29 is 5.11 Å². The van der Waals surface area contributed by atoms with E-state index in [0.29, 0.717) is 11.7 Å². The molecule has 4 rings (SSSR count). The Morgan fingerprint density at radius 1 is 1.12 bits per heavy atom. The van der Waals surface area contributed by atoms with Gasteiger partial charge in [-0.25, -0.2) is 0 Å². The average molecular weight is 321 g/mol. The van der Waals surface area contributed by atoms with E-state index in [1.54, 1.807) is 0 Å². The van der Waals surface area contributed by atoms with Gasteiger partial charge in [-0.15, -0.1) is 0 Å². The summed E-state index contributed by atoms with van der Waals surface area (Å²) in [7, 11) is 1.98. The van der Waals surface area contributed by atoms with Crippen molar-refractivity contribution in [1.29, 1.82) is 0 Å². The molecule has 0 saturated carbocycles. The summed E-state index contributed by atoms with van der Waals surface area (Å²) in [6.07, 6.45) is 4.32. The van der Waals surface area contributed by atoms with Crippen molar-refractivity contribution in [1.82, 2.24) is 14.7 Å². The Kier molecular flexibility index (Phi) is 3.98. The van der Waals surface area contributed by atoms with E-state index in [1.165, 1.54) is 16.6 Å². The predicted octanol–water partition coefficient (Wildman–Crippen LogP) is 3.66. The molecule has 2 heterocycles. The predicted molar refractivity (Wildman–Crippen MR) is 96.1 cm³/mol. The van der Waals surface area contributed by atoms with E-state index >= 15 is 0 Å². The molecule has 2 aromatic carbocycles. The Bertz CT molecular complexity index is 847. The van der Waals surface area contributed by atoms with Crippen molar-refractivity contribution in [3.8, 4) is 5.75 Å². The molecule has 1 fully saturated rings. The molecule has 0 amide bonds. The lowest BCUT2D eigenvalue weighted by Gasteiger charge is -2.31. The summed E-state index contributed by atoms with van der Waals surface area (Å²) >= 11 is 0. The molecule has 0 unspecified atom stereocenters. The molecule has 4 nitrogen and oxygen atoms in total. The average Bonchev–Trinajstić information content (AvgIpc) is 3.02. The largest absolute Gasteiger partial charge is 0.508 e. The molecule has 4 heteroatoms. The Hall–Kier alpha value is -2.33. The molecule has 0 spiro atoms. The van der Waals surface area contributed by atoms with Crippen LogP contribution in [0.3, 0.4) is 0 Å². The van der Waals surface area contributed by atoms with Crippen molar-refractivity contribution in [3.63, 3.8) is 0 Å². The minimum absolute atomic E-state index is 0.354. The monoisotopic (exact) mass is 321 g/mol. The van der Waals surface area contributed by atoms with E-state index in [0.717, 1.165) is 37.9 Å². The van der Waals surface area contributed by atoms with Crippen LogP contribution in [-0.2, 0) is 13.6 Å². The van der Waals surface area contributed by atoms with Gasteiger partial charge in [-0.1, -0.05) is 24.3 Å². The van der Waals surface area contributed by atoms with Gasteiger partial charge in [0.1, 0.15) is 5.75 Å². The first kappa shape index (κ1) is 15.2. The summed E-state index contributed by atoms with van der Waals surface area (Å²) in [4.78, 5) is 2.49. The number of phenolic OH excluding ortho intramolecular Hbond substituents is 1. The Balaban J connectivity index is 1.48. The Labute approximate surface area is 142 Å². The number of piperidine rings is 1. The molecule has 24 heavy (non-hydrogen) atoms. The molecule has 124 valence electrons. The molecule has 0 atom stereocenters. The van der Waals surface area contributed by atoms with Gasteiger partial charge in [0.15, 0.2) is 0 Å². The van der Waals surface area contributed by atoms with Crippen molar-refractivity contribution in [3.05, 3.63) is 59.9 Å². The highest BCUT2D eigenvalue weighted by molar-refractivity contribution is 5.87. The van der Waals surface area contributed by atoms with E-state index in [9.17, 15) is 5.11 Å². The van der Waals surface area contributed by atoms with E-state index in [2.05, 4.69) is 34.3 Å². The summed E-state index contributed by atoms with van der Waals surface area (Å²) in [5.41, 5.74) is 2.43. The molecular formula is C20H23N3O. The van der Waals surface area contributed by atoms with Gasteiger partial charge in [0, 0.05) is 25.7 Å². The Morgan fingerprint density at radius 3 is 2.67 bits per heavy atom. The zero-order chi connectivity index (χ0) is 16.5. The number of fused-ring (bicyclic) bond motifs is 1. The van der Waals surface area contributed by atoms with Gasteiger partial charge in [0.2, 0.25) is 0 Å². The van der Waals surface area contributed by atoms with Crippen molar-refractivity contribution >= 4 is 10.8 Å². The van der Waals surface area contributed by atoms with Crippen LogP contribution in [-0.4, -0.2) is 32.9 Å². The summed E-state index contributed by atoms with van der Waals surface area (Å²) in [5.74, 6) is 0.926.